The van der Waals surface area contributed by atoms with E-state index in [2.05, 4.69) is 27.4 Å². The minimum absolute atomic E-state index is 0. The maximum Gasteiger partial charge on any atom is 0.259 e. The monoisotopic (exact) mass is 394 g/mol. The number of carbonyl (C=O) groups excluding carboxylic acids is 1. The highest BCUT2D eigenvalue weighted by molar-refractivity contribution is 7.18. The van der Waals surface area contributed by atoms with Gasteiger partial charge in [0, 0.05) is 23.9 Å². The van der Waals surface area contributed by atoms with E-state index in [-0.39, 0.29) is 41.8 Å². The molecule has 2 heterocycles. The second-order valence-corrected chi connectivity index (χ2v) is 8.27. The van der Waals surface area contributed by atoms with Gasteiger partial charge in [-0.25, -0.2) is 4.98 Å². The van der Waals surface area contributed by atoms with Gasteiger partial charge in [-0.15, -0.1) is 23.7 Å². The number of nitrogens with one attached hydrogen (secondary N) is 2. The van der Waals surface area contributed by atoms with E-state index in [9.17, 15) is 9.59 Å². The number of thiophene rings is 1. The molecule has 140 valence electrons. The highest BCUT2D eigenvalue weighted by Crippen LogP contribution is 2.42. The SMILES string of the molecule is Cc1sc2nc(CCNC(=O)[C@H]3[C@@H](N)[C@H]4C=C[C@@H]3C4)[nH]c(=O)c2c1C.Cl. The lowest BCUT2D eigenvalue weighted by atomic mass is 9.89. The Labute approximate surface area is 161 Å². The van der Waals surface area contributed by atoms with Crippen molar-refractivity contribution >= 4 is 39.9 Å². The first-order chi connectivity index (χ1) is 12.0. The molecule has 2 aliphatic rings. The number of H-pyrrole nitrogens is 1. The fourth-order valence-corrected chi connectivity index (χ4v) is 5.12. The summed E-state index contributed by atoms with van der Waals surface area (Å²) in [7, 11) is 0. The lowest BCUT2D eigenvalue weighted by Gasteiger charge is -2.23. The summed E-state index contributed by atoms with van der Waals surface area (Å²) in [5.74, 6) is 1.09. The Morgan fingerprint density at radius 3 is 2.81 bits per heavy atom. The lowest BCUT2D eigenvalue weighted by Crippen LogP contribution is -2.44. The molecule has 2 bridgehead atoms. The van der Waals surface area contributed by atoms with Crippen molar-refractivity contribution in [3.05, 3.63) is 38.8 Å². The van der Waals surface area contributed by atoms with Crippen molar-refractivity contribution in [1.29, 1.82) is 0 Å². The minimum Gasteiger partial charge on any atom is -0.355 e. The van der Waals surface area contributed by atoms with Crippen LogP contribution in [0.15, 0.2) is 16.9 Å². The van der Waals surface area contributed by atoms with Crippen LogP contribution in [-0.4, -0.2) is 28.5 Å². The summed E-state index contributed by atoms with van der Waals surface area (Å²) in [6.07, 6.45) is 5.74. The fourth-order valence-electron chi connectivity index (χ4n) is 4.07. The first kappa shape index (κ1) is 19.1. The van der Waals surface area contributed by atoms with Crippen LogP contribution < -0.4 is 16.6 Å². The molecule has 0 saturated heterocycles. The number of aryl methyl sites for hydroxylation is 2. The molecular formula is C18H23ClN4O2S. The average Bonchev–Trinajstić information content (AvgIpc) is 3.22. The van der Waals surface area contributed by atoms with Gasteiger partial charge in [0.25, 0.3) is 5.56 Å². The first-order valence-electron chi connectivity index (χ1n) is 8.66. The largest absolute Gasteiger partial charge is 0.355 e. The molecule has 26 heavy (non-hydrogen) atoms. The zero-order chi connectivity index (χ0) is 17.7. The quantitative estimate of drug-likeness (QED) is 0.688. The minimum atomic E-state index is -0.132. The summed E-state index contributed by atoms with van der Waals surface area (Å²) in [6, 6.07) is -0.0821. The van der Waals surface area contributed by atoms with E-state index in [1.54, 1.807) is 0 Å². The van der Waals surface area contributed by atoms with Crippen molar-refractivity contribution in [3.63, 3.8) is 0 Å². The number of rotatable bonds is 4. The summed E-state index contributed by atoms with van der Waals surface area (Å²) in [5.41, 5.74) is 7.07. The number of allylic oxidation sites excluding steroid dienone is 1. The molecule has 1 fully saturated rings. The topological polar surface area (TPSA) is 101 Å². The van der Waals surface area contributed by atoms with Gasteiger partial charge in [0.1, 0.15) is 10.7 Å². The summed E-state index contributed by atoms with van der Waals surface area (Å²) in [5, 5.41) is 3.64. The Balaban J connectivity index is 0.00000196. The molecule has 0 radical (unpaired) electrons. The zero-order valence-electron chi connectivity index (χ0n) is 14.7. The van der Waals surface area contributed by atoms with Crippen molar-refractivity contribution < 1.29 is 4.79 Å². The van der Waals surface area contributed by atoms with E-state index in [1.165, 1.54) is 11.3 Å². The number of hydrogen-bond donors (Lipinski definition) is 3. The van der Waals surface area contributed by atoms with Crippen LogP contribution in [0.25, 0.3) is 10.2 Å². The zero-order valence-corrected chi connectivity index (χ0v) is 16.4. The maximum atomic E-state index is 12.4. The summed E-state index contributed by atoms with van der Waals surface area (Å²) < 4.78 is 0. The van der Waals surface area contributed by atoms with Gasteiger partial charge >= 0.3 is 0 Å². The molecule has 0 unspecified atom stereocenters. The van der Waals surface area contributed by atoms with Crippen molar-refractivity contribution in [2.45, 2.75) is 32.7 Å². The number of fused-ring (bicyclic) bond motifs is 3. The number of aromatic nitrogens is 2. The second kappa shape index (κ2) is 7.13. The molecule has 4 N–H and O–H groups in total. The third-order valence-corrected chi connectivity index (χ3v) is 6.67. The number of carbonyl (C=O) groups is 1. The van der Waals surface area contributed by atoms with Crippen LogP contribution in [0.1, 0.15) is 22.7 Å². The Morgan fingerprint density at radius 2 is 2.12 bits per heavy atom. The average molecular weight is 395 g/mol. The molecule has 2 aliphatic carbocycles. The van der Waals surface area contributed by atoms with Crippen LogP contribution >= 0.6 is 23.7 Å². The van der Waals surface area contributed by atoms with Gasteiger partial charge in [0.15, 0.2) is 0 Å². The smallest absolute Gasteiger partial charge is 0.259 e. The Hall–Kier alpha value is -1.70. The van der Waals surface area contributed by atoms with Crippen molar-refractivity contribution in [2.24, 2.45) is 23.5 Å². The molecule has 2 aromatic heterocycles. The van der Waals surface area contributed by atoms with E-state index in [1.807, 2.05) is 13.8 Å². The number of amides is 1. The molecule has 6 nitrogen and oxygen atoms in total. The summed E-state index contributed by atoms with van der Waals surface area (Å²) >= 11 is 1.53. The first-order valence-corrected chi connectivity index (χ1v) is 9.48. The number of halogens is 1. The third kappa shape index (κ3) is 3.08. The van der Waals surface area contributed by atoms with Crippen LogP contribution in [0.5, 0.6) is 0 Å². The van der Waals surface area contributed by atoms with E-state index in [0.717, 1.165) is 21.7 Å². The second-order valence-electron chi connectivity index (χ2n) is 7.07. The fraction of sp³-hybridized carbons (Fsp3) is 0.500. The van der Waals surface area contributed by atoms with Crippen LogP contribution in [0.2, 0.25) is 0 Å². The summed E-state index contributed by atoms with van der Waals surface area (Å²) in [4.78, 5) is 34.0. The van der Waals surface area contributed by atoms with Crippen LogP contribution in [-0.2, 0) is 11.2 Å². The normalized spacial score (nSPS) is 26.3. The molecule has 4 rings (SSSR count). The maximum absolute atomic E-state index is 12.4. The van der Waals surface area contributed by atoms with Crippen LogP contribution in [0, 0.1) is 31.6 Å². The van der Waals surface area contributed by atoms with Crippen molar-refractivity contribution in [2.75, 3.05) is 6.54 Å². The molecule has 0 spiro atoms. The standard InChI is InChI=1S/C18H22N4O2S.ClH/c1-8-9(2)25-18-13(8)17(24)21-12(22-18)5-6-20-16(23)14-10-3-4-11(7-10)15(14)19;/h3-4,10-11,14-15H,5-7,19H2,1-2H3,(H,20,23)(H,21,22,24);1H/t10-,11+,14-,15+;/m1./s1. The molecule has 2 aromatic rings. The van der Waals surface area contributed by atoms with Crippen LogP contribution in [0.4, 0.5) is 0 Å². The number of hydrogen-bond acceptors (Lipinski definition) is 5. The van der Waals surface area contributed by atoms with E-state index >= 15 is 0 Å². The van der Waals surface area contributed by atoms with Gasteiger partial charge in [-0.2, -0.15) is 0 Å². The van der Waals surface area contributed by atoms with Gasteiger partial charge < -0.3 is 16.0 Å². The van der Waals surface area contributed by atoms with Crippen LogP contribution in [0.3, 0.4) is 0 Å². The molecule has 1 amide bonds. The van der Waals surface area contributed by atoms with Gasteiger partial charge in [0.2, 0.25) is 5.91 Å². The van der Waals surface area contributed by atoms with Gasteiger partial charge in [-0.05, 0) is 37.7 Å². The highest BCUT2D eigenvalue weighted by Gasteiger charge is 2.46. The van der Waals surface area contributed by atoms with Gasteiger partial charge in [0.05, 0.1) is 11.3 Å². The van der Waals surface area contributed by atoms with Crippen molar-refractivity contribution in [1.82, 2.24) is 15.3 Å². The number of aromatic amines is 1. The van der Waals surface area contributed by atoms with Crippen molar-refractivity contribution in [3.8, 4) is 0 Å². The molecule has 0 aliphatic heterocycles. The molecule has 1 saturated carbocycles. The Bertz CT molecular complexity index is 935. The molecular weight excluding hydrogens is 372 g/mol. The number of nitrogens with two attached hydrogens (primary N) is 1. The van der Waals surface area contributed by atoms with E-state index < -0.39 is 0 Å². The molecule has 0 aromatic carbocycles. The summed E-state index contributed by atoms with van der Waals surface area (Å²) in [6.45, 7) is 4.38. The van der Waals surface area contributed by atoms with Gasteiger partial charge in [-0.3, -0.25) is 9.59 Å². The Morgan fingerprint density at radius 1 is 1.38 bits per heavy atom. The van der Waals surface area contributed by atoms with Gasteiger partial charge in [-0.1, -0.05) is 12.2 Å². The predicted octanol–water partition coefficient (Wildman–Crippen LogP) is 1.83. The third-order valence-electron chi connectivity index (χ3n) is 5.57. The predicted molar refractivity (Wildman–Crippen MR) is 106 cm³/mol. The molecule has 4 atom stereocenters. The molecule has 8 heteroatoms. The Kier molecular flexibility index (Phi) is 5.23. The van der Waals surface area contributed by atoms with E-state index in [0.29, 0.717) is 30.1 Å². The number of nitrogens with zero attached hydrogens (tertiary/aromatic N) is 1. The van der Waals surface area contributed by atoms with E-state index in [4.69, 9.17) is 5.73 Å². The lowest BCUT2D eigenvalue weighted by molar-refractivity contribution is -0.126. The highest BCUT2D eigenvalue weighted by atomic mass is 35.5.